The fourth-order valence-electron chi connectivity index (χ4n) is 3.53. The highest BCUT2D eigenvalue weighted by atomic mass is 16.5. The molecule has 1 N–H and O–H groups in total. The summed E-state index contributed by atoms with van der Waals surface area (Å²) in [6, 6.07) is 5.86. The molecule has 0 amide bonds. The number of pyridine rings is 1. The zero-order valence-electron chi connectivity index (χ0n) is 13.2. The lowest BCUT2D eigenvalue weighted by Gasteiger charge is -2.35. The van der Waals surface area contributed by atoms with Crippen LogP contribution in [0.4, 0.5) is 5.82 Å². The molecule has 6 nitrogen and oxygen atoms in total. The van der Waals surface area contributed by atoms with Gasteiger partial charge in [-0.1, -0.05) is 0 Å². The molecule has 2 saturated heterocycles. The van der Waals surface area contributed by atoms with Crippen molar-refractivity contribution in [3.05, 3.63) is 23.4 Å². The first kappa shape index (κ1) is 15.8. The Morgan fingerprint density at radius 3 is 2.65 bits per heavy atom. The van der Waals surface area contributed by atoms with Crippen molar-refractivity contribution in [1.29, 1.82) is 5.26 Å². The molecule has 2 atom stereocenters. The highest BCUT2D eigenvalue weighted by molar-refractivity contribution is 5.72. The molecule has 0 bridgehead atoms. The fraction of sp³-hybridized carbons (Fsp3) is 0.588. The summed E-state index contributed by atoms with van der Waals surface area (Å²) in [5.41, 5.74) is 1.37. The smallest absolute Gasteiger partial charge is 0.332 e. The minimum absolute atomic E-state index is 0.0777. The van der Waals surface area contributed by atoms with Gasteiger partial charge >= 0.3 is 5.97 Å². The second kappa shape index (κ2) is 6.55. The Balaban J connectivity index is 1.58. The number of hydrogen-bond acceptors (Lipinski definition) is 5. The molecular formula is C17H21N3O3. The molecule has 1 aromatic rings. The summed E-state index contributed by atoms with van der Waals surface area (Å²) < 4.78 is 5.68. The molecule has 6 heteroatoms. The lowest BCUT2D eigenvalue weighted by molar-refractivity contribution is -0.150. The SMILES string of the molecule is Cc1nc(N2CCC([C@@H]3CC[C@H](C(=O)O)O3)CC2)ccc1C#N. The number of carboxylic acid groups (broad SMARTS) is 1. The third-order valence-corrected chi connectivity index (χ3v) is 4.91. The number of aliphatic carboxylic acids is 1. The largest absolute Gasteiger partial charge is 0.479 e. The zero-order valence-corrected chi connectivity index (χ0v) is 13.2. The number of hydrogen-bond donors (Lipinski definition) is 1. The van der Waals surface area contributed by atoms with Crippen LogP contribution in [0.1, 0.15) is 36.9 Å². The Morgan fingerprint density at radius 2 is 2.09 bits per heavy atom. The van der Waals surface area contributed by atoms with E-state index in [0.29, 0.717) is 17.9 Å². The third-order valence-electron chi connectivity index (χ3n) is 4.91. The summed E-state index contributed by atoms with van der Waals surface area (Å²) in [5.74, 6) is 0.493. The van der Waals surface area contributed by atoms with E-state index in [4.69, 9.17) is 15.1 Å². The first-order valence-corrected chi connectivity index (χ1v) is 8.09. The molecule has 0 radical (unpaired) electrons. The normalized spacial score (nSPS) is 25.3. The van der Waals surface area contributed by atoms with E-state index < -0.39 is 12.1 Å². The van der Waals surface area contributed by atoms with Gasteiger partial charge in [0.05, 0.1) is 17.4 Å². The lowest BCUT2D eigenvalue weighted by atomic mass is 9.89. The Bertz CT molecular complexity index is 632. The topological polar surface area (TPSA) is 86.5 Å². The quantitative estimate of drug-likeness (QED) is 0.919. The first-order valence-electron chi connectivity index (χ1n) is 8.09. The maximum absolute atomic E-state index is 11.0. The molecule has 1 aromatic heterocycles. The molecule has 0 aliphatic carbocycles. The van der Waals surface area contributed by atoms with E-state index in [-0.39, 0.29) is 6.10 Å². The van der Waals surface area contributed by atoms with Crippen LogP contribution < -0.4 is 4.90 Å². The summed E-state index contributed by atoms with van der Waals surface area (Å²) in [4.78, 5) is 17.7. The van der Waals surface area contributed by atoms with Gasteiger partial charge in [0, 0.05) is 13.1 Å². The van der Waals surface area contributed by atoms with Crippen molar-refractivity contribution >= 4 is 11.8 Å². The number of nitrogens with zero attached hydrogens (tertiary/aromatic N) is 3. The predicted octanol–water partition coefficient (Wildman–Crippen LogP) is 2.11. The number of aryl methyl sites for hydroxylation is 1. The molecule has 3 rings (SSSR count). The van der Waals surface area contributed by atoms with E-state index in [2.05, 4.69) is 16.0 Å². The van der Waals surface area contributed by atoms with Crippen molar-refractivity contribution in [1.82, 2.24) is 4.98 Å². The van der Waals surface area contributed by atoms with E-state index in [1.165, 1.54) is 0 Å². The predicted molar refractivity (Wildman–Crippen MR) is 84.2 cm³/mol. The van der Waals surface area contributed by atoms with Crippen molar-refractivity contribution in [3.63, 3.8) is 0 Å². The van der Waals surface area contributed by atoms with E-state index >= 15 is 0 Å². The molecule has 2 aliphatic rings. The summed E-state index contributed by atoms with van der Waals surface area (Å²) in [6.45, 7) is 3.63. The molecule has 0 spiro atoms. The molecule has 0 saturated carbocycles. The van der Waals surface area contributed by atoms with Crippen LogP contribution >= 0.6 is 0 Å². The van der Waals surface area contributed by atoms with Gasteiger partial charge in [0.1, 0.15) is 11.9 Å². The molecule has 122 valence electrons. The van der Waals surface area contributed by atoms with Gasteiger partial charge in [0.15, 0.2) is 6.10 Å². The Kier molecular flexibility index (Phi) is 4.49. The number of nitriles is 1. The summed E-state index contributed by atoms with van der Waals surface area (Å²) in [5, 5.41) is 18.0. The second-order valence-corrected chi connectivity index (χ2v) is 6.32. The molecule has 2 aliphatic heterocycles. The third kappa shape index (κ3) is 3.30. The molecule has 0 unspecified atom stereocenters. The summed E-state index contributed by atoms with van der Waals surface area (Å²) >= 11 is 0. The van der Waals surface area contributed by atoms with Gasteiger partial charge in [0.2, 0.25) is 0 Å². The zero-order chi connectivity index (χ0) is 16.4. The van der Waals surface area contributed by atoms with Crippen LogP contribution in [0.25, 0.3) is 0 Å². The van der Waals surface area contributed by atoms with Crippen molar-refractivity contribution < 1.29 is 14.6 Å². The average molecular weight is 315 g/mol. The highest BCUT2D eigenvalue weighted by Crippen LogP contribution is 2.33. The first-order chi connectivity index (χ1) is 11.1. The number of anilines is 1. The average Bonchev–Trinajstić information content (AvgIpc) is 3.05. The second-order valence-electron chi connectivity index (χ2n) is 6.32. The van der Waals surface area contributed by atoms with Crippen LogP contribution in [0.5, 0.6) is 0 Å². The fourth-order valence-corrected chi connectivity index (χ4v) is 3.53. The number of piperidine rings is 1. The Morgan fingerprint density at radius 1 is 1.35 bits per heavy atom. The highest BCUT2D eigenvalue weighted by Gasteiger charge is 2.36. The van der Waals surface area contributed by atoms with Gasteiger partial charge in [-0.15, -0.1) is 0 Å². The van der Waals surface area contributed by atoms with Gasteiger partial charge in [-0.05, 0) is 50.7 Å². The van der Waals surface area contributed by atoms with Crippen molar-refractivity contribution in [2.45, 2.75) is 44.8 Å². The van der Waals surface area contributed by atoms with Gasteiger partial charge in [-0.25, -0.2) is 9.78 Å². The van der Waals surface area contributed by atoms with E-state index in [1.54, 1.807) is 0 Å². The van der Waals surface area contributed by atoms with Gasteiger partial charge in [0.25, 0.3) is 0 Å². The van der Waals surface area contributed by atoms with Crippen LogP contribution in [0.2, 0.25) is 0 Å². The maximum Gasteiger partial charge on any atom is 0.332 e. The number of carbonyl (C=O) groups is 1. The Hall–Kier alpha value is -2.13. The lowest BCUT2D eigenvalue weighted by Crippen LogP contribution is -2.38. The van der Waals surface area contributed by atoms with E-state index in [0.717, 1.165) is 43.9 Å². The minimum atomic E-state index is -0.845. The molecule has 23 heavy (non-hydrogen) atoms. The number of ether oxygens (including phenoxy) is 1. The summed E-state index contributed by atoms with van der Waals surface area (Å²) in [6.07, 6.45) is 2.89. The standard InChI is InChI=1S/C17H21N3O3/c1-11-13(10-18)2-5-16(19-11)20-8-6-12(7-9-20)14-3-4-15(23-14)17(21)22/h2,5,12,14-15H,3-4,6-9H2,1H3,(H,21,22)/t14-,15+/m0/s1. The monoisotopic (exact) mass is 315 g/mol. The van der Waals surface area contributed by atoms with Gasteiger partial charge in [-0.2, -0.15) is 5.26 Å². The van der Waals surface area contributed by atoms with Crippen LogP contribution in [0.3, 0.4) is 0 Å². The number of rotatable bonds is 3. The maximum atomic E-state index is 11.0. The van der Waals surface area contributed by atoms with Crippen LogP contribution in [-0.2, 0) is 9.53 Å². The minimum Gasteiger partial charge on any atom is -0.479 e. The van der Waals surface area contributed by atoms with Crippen LogP contribution in [-0.4, -0.2) is 41.4 Å². The van der Waals surface area contributed by atoms with Crippen LogP contribution in [0, 0.1) is 24.2 Å². The van der Waals surface area contributed by atoms with Crippen LogP contribution in [0.15, 0.2) is 12.1 Å². The van der Waals surface area contributed by atoms with Crippen molar-refractivity contribution in [2.75, 3.05) is 18.0 Å². The van der Waals surface area contributed by atoms with Gasteiger partial charge < -0.3 is 14.7 Å². The van der Waals surface area contributed by atoms with Gasteiger partial charge in [-0.3, -0.25) is 0 Å². The molecular weight excluding hydrogens is 294 g/mol. The summed E-state index contributed by atoms with van der Waals surface area (Å²) in [7, 11) is 0. The Labute approximate surface area is 135 Å². The number of aromatic nitrogens is 1. The van der Waals surface area contributed by atoms with Crippen molar-refractivity contribution in [3.8, 4) is 6.07 Å². The number of carboxylic acids is 1. The molecule has 0 aromatic carbocycles. The van der Waals surface area contributed by atoms with E-state index in [1.807, 2.05) is 19.1 Å². The molecule has 3 heterocycles. The van der Waals surface area contributed by atoms with Crippen molar-refractivity contribution in [2.24, 2.45) is 5.92 Å². The molecule has 2 fully saturated rings. The van der Waals surface area contributed by atoms with E-state index in [9.17, 15) is 4.79 Å².